The molecule has 94 valence electrons. The van der Waals surface area contributed by atoms with Gasteiger partial charge in [0, 0.05) is 10.5 Å². The van der Waals surface area contributed by atoms with E-state index < -0.39 is 10.0 Å². The summed E-state index contributed by atoms with van der Waals surface area (Å²) in [7, 11) is -3.51. The Labute approximate surface area is 110 Å². The second kappa shape index (κ2) is 3.96. The van der Waals surface area contributed by atoms with Crippen LogP contribution in [0.2, 0.25) is 0 Å². The maximum atomic E-state index is 12.1. The molecule has 1 aromatic carbocycles. The Morgan fingerprint density at radius 3 is 2.53 bits per heavy atom. The number of nitrogens with one attached hydrogen (secondary N) is 1. The van der Waals surface area contributed by atoms with E-state index >= 15 is 0 Å². The van der Waals surface area contributed by atoms with E-state index in [1.807, 2.05) is 13.8 Å². The van der Waals surface area contributed by atoms with Crippen LogP contribution in [0.5, 0.6) is 0 Å². The molecular formula is C11H15BrN2O2S. The topological polar surface area (TPSA) is 72.2 Å². The third-order valence-electron chi connectivity index (χ3n) is 3.07. The van der Waals surface area contributed by atoms with E-state index in [0.717, 1.165) is 10.9 Å². The van der Waals surface area contributed by atoms with Gasteiger partial charge in [-0.25, -0.2) is 13.1 Å². The van der Waals surface area contributed by atoms with Crippen LogP contribution in [0.15, 0.2) is 27.6 Å². The van der Waals surface area contributed by atoms with Crippen molar-refractivity contribution in [2.24, 2.45) is 5.41 Å². The van der Waals surface area contributed by atoms with Crippen LogP contribution >= 0.6 is 15.9 Å². The van der Waals surface area contributed by atoms with Crippen molar-refractivity contribution in [3.8, 4) is 0 Å². The number of sulfonamides is 1. The molecule has 2 rings (SSSR count). The second-order valence-corrected chi connectivity index (χ2v) is 7.65. The molecule has 1 saturated carbocycles. The van der Waals surface area contributed by atoms with Gasteiger partial charge in [0.1, 0.15) is 4.90 Å². The van der Waals surface area contributed by atoms with Gasteiger partial charge >= 0.3 is 0 Å². The summed E-state index contributed by atoms with van der Waals surface area (Å²) in [6.07, 6.45) is 0.864. The smallest absolute Gasteiger partial charge is 0.242 e. The van der Waals surface area contributed by atoms with Gasteiger partial charge < -0.3 is 5.73 Å². The fourth-order valence-corrected chi connectivity index (χ4v) is 3.58. The summed E-state index contributed by atoms with van der Waals surface area (Å²) < 4.78 is 27.6. The first-order valence-electron chi connectivity index (χ1n) is 5.30. The molecule has 0 aromatic heterocycles. The van der Waals surface area contributed by atoms with Crippen molar-refractivity contribution in [2.45, 2.75) is 31.2 Å². The average molecular weight is 319 g/mol. The van der Waals surface area contributed by atoms with Crippen molar-refractivity contribution in [1.82, 2.24) is 4.72 Å². The lowest BCUT2D eigenvalue weighted by Gasteiger charge is -2.10. The Hall–Kier alpha value is -0.590. The highest BCUT2D eigenvalue weighted by molar-refractivity contribution is 9.10. The third kappa shape index (κ3) is 2.64. The minimum absolute atomic E-state index is 0.00977. The van der Waals surface area contributed by atoms with E-state index in [9.17, 15) is 8.42 Å². The Morgan fingerprint density at radius 1 is 1.47 bits per heavy atom. The standard InChI is InChI=1S/C11H15BrN2O2S/c1-11(2)6-10(11)14-17(15,16)9-4-3-7(12)5-8(9)13/h3-5,10,14H,6,13H2,1-2H3. The van der Waals surface area contributed by atoms with Crippen molar-refractivity contribution >= 4 is 31.6 Å². The Bertz CT molecular complexity index is 555. The summed E-state index contributed by atoms with van der Waals surface area (Å²) in [5, 5.41) is 0. The van der Waals surface area contributed by atoms with Crippen LogP contribution in [0.25, 0.3) is 0 Å². The first-order valence-corrected chi connectivity index (χ1v) is 7.57. The number of benzene rings is 1. The highest BCUT2D eigenvalue weighted by Gasteiger charge is 2.48. The molecule has 0 bridgehead atoms. The molecule has 0 radical (unpaired) electrons. The summed E-state index contributed by atoms with van der Waals surface area (Å²) in [5.41, 5.74) is 6.03. The molecule has 6 heteroatoms. The summed E-state index contributed by atoms with van der Waals surface area (Å²) in [6.45, 7) is 4.07. The van der Waals surface area contributed by atoms with E-state index in [1.54, 1.807) is 12.1 Å². The predicted molar refractivity (Wildman–Crippen MR) is 71.1 cm³/mol. The van der Waals surface area contributed by atoms with Gasteiger partial charge in [-0.05, 0) is 30.0 Å². The molecule has 0 heterocycles. The Kier molecular flexibility index (Phi) is 3.00. The number of hydrogen-bond acceptors (Lipinski definition) is 3. The lowest BCUT2D eigenvalue weighted by Crippen LogP contribution is -2.29. The number of rotatable bonds is 3. The molecule has 1 fully saturated rings. The van der Waals surface area contributed by atoms with Gasteiger partial charge in [0.2, 0.25) is 10.0 Å². The van der Waals surface area contributed by atoms with Crippen molar-refractivity contribution in [1.29, 1.82) is 0 Å². The molecule has 4 nitrogen and oxygen atoms in total. The summed E-state index contributed by atoms with van der Waals surface area (Å²) in [4.78, 5) is 0.142. The van der Waals surface area contributed by atoms with E-state index in [-0.39, 0.29) is 22.0 Å². The molecule has 0 amide bonds. The third-order valence-corrected chi connectivity index (χ3v) is 5.11. The van der Waals surface area contributed by atoms with E-state index in [1.165, 1.54) is 6.07 Å². The number of nitrogens with two attached hydrogens (primary N) is 1. The van der Waals surface area contributed by atoms with Gasteiger partial charge in [-0.3, -0.25) is 0 Å². The van der Waals surface area contributed by atoms with Crippen LogP contribution in [0.1, 0.15) is 20.3 Å². The molecule has 1 aliphatic carbocycles. The molecule has 17 heavy (non-hydrogen) atoms. The van der Waals surface area contributed by atoms with Crippen LogP contribution in [0.3, 0.4) is 0 Å². The minimum atomic E-state index is -3.51. The molecule has 0 spiro atoms. The molecule has 0 saturated heterocycles. The lowest BCUT2D eigenvalue weighted by atomic mass is 10.2. The fourth-order valence-electron chi connectivity index (χ4n) is 1.68. The van der Waals surface area contributed by atoms with Crippen LogP contribution in [-0.2, 0) is 10.0 Å². The highest BCUT2D eigenvalue weighted by atomic mass is 79.9. The monoisotopic (exact) mass is 318 g/mol. The maximum absolute atomic E-state index is 12.1. The van der Waals surface area contributed by atoms with Crippen LogP contribution in [-0.4, -0.2) is 14.5 Å². The second-order valence-electron chi connectivity index (χ2n) is 5.05. The van der Waals surface area contributed by atoms with Crippen LogP contribution < -0.4 is 10.5 Å². The fraction of sp³-hybridized carbons (Fsp3) is 0.455. The molecule has 1 aromatic rings. The molecule has 3 N–H and O–H groups in total. The number of nitrogen functional groups attached to an aromatic ring is 1. The highest BCUT2D eigenvalue weighted by Crippen LogP contribution is 2.45. The van der Waals surface area contributed by atoms with Gasteiger partial charge in [0.05, 0.1) is 5.69 Å². The largest absolute Gasteiger partial charge is 0.398 e. The summed E-state index contributed by atoms with van der Waals surface area (Å²) in [6, 6.07) is 4.78. The first kappa shape index (κ1) is 12.9. The first-order chi connectivity index (χ1) is 7.72. The van der Waals surface area contributed by atoms with Crippen molar-refractivity contribution in [3.63, 3.8) is 0 Å². The zero-order valence-electron chi connectivity index (χ0n) is 9.70. The van der Waals surface area contributed by atoms with Crippen LogP contribution in [0.4, 0.5) is 5.69 Å². The maximum Gasteiger partial charge on any atom is 0.242 e. The quantitative estimate of drug-likeness (QED) is 0.838. The molecule has 0 aliphatic heterocycles. The zero-order valence-corrected chi connectivity index (χ0v) is 12.1. The van der Waals surface area contributed by atoms with Gasteiger partial charge in [0.15, 0.2) is 0 Å². The van der Waals surface area contributed by atoms with Gasteiger partial charge in [-0.1, -0.05) is 29.8 Å². The molecule has 1 unspecified atom stereocenters. The minimum Gasteiger partial charge on any atom is -0.398 e. The normalized spacial score (nSPS) is 22.4. The van der Waals surface area contributed by atoms with Crippen molar-refractivity contribution < 1.29 is 8.42 Å². The van der Waals surface area contributed by atoms with Gasteiger partial charge in [-0.2, -0.15) is 0 Å². The average Bonchev–Trinajstić information content (AvgIpc) is 2.70. The van der Waals surface area contributed by atoms with Gasteiger partial charge in [0.25, 0.3) is 0 Å². The molecular weight excluding hydrogens is 304 g/mol. The molecule has 1 atom stereocenters. The van der Waals surface area contributed by atoms with Crippen molar-refractivity contribution in [2.75, 3.05) is 5.73 Å². The SMILES string of the molecule is CC1(C)CC1NS(=O)(=O)c1ccc(Br)cc1N. The van der Waals surface area contributed by atoms with E-state index in [0.29, 0.717) is 0 Å². The number of halogens is 1. The van der Waals surface area contributed by atoms with Crippen molar-refractivity contribution in [3.05, 3.63) is 22.7 Å². The number of hydrogen-bond donors (Lipinski definition) is 2. The predicted octanol–water partition coefficient (Wildman–Crippen LogP) is 2.11. The van der Waals surface area contributed by atoms with E-state index in [4.69, 9.17) is 5.73 Å². The zero-order chi connectivity index (χ0) is 12.8. The van der Waals surface area contributed by atoms with Crippen LogP contribution in [0, 0.1) is 5.41 Å². The van der Waals surface area contributed by atoms with E-state index in [2.05, 4.69) is 20.7 Å². The summed E-state index contributed by atoms with van der Waals surface area (Å²) in [5.74, 6) is 0. The summed E-state index contributed by atoms with van der Waals surface area (Å²) >= 11 is 3.25. The lowest BCUT2D eigenvalue weighted by molar-refractivity contribution is 0.555. The molecule has 1 aliphatic rings. The number of anilines is 1. The Morgan fingerprint density at radius 2 is 2.06 bits per heavy atom. The van der Waals surface area contributed by atoms with Gasteiger partial charge in [-0.15, -0.1) is 0 Å². The Balaban J connectivity index is 2.26.